The lowest BCUT2D eigenvalue weighted by Gasteiger charge is -2.12. The number of carbonyl (C=O) groups is 3. The second-order valence-corrected chi connectivity index (χ2v) is 3.95. The Kier molecular flexibility index (Phi) is 4.78. The number of likely N-dealkylation sites (tertiary alicyclic amines) is 1. The van der Waals surface area contributed by atoms with Crippen LogP contribution in [0, 0.1) is 0 Å². The average Bonchev–Trinajstić information content (AvgIpc) is 2.63. The van der Waals surface area contributed by atoms with Crippen molar-refractivity contribution >= 4 is 23.7 Å². The Hall–Kier alpha value is -1.96. The summed E-state index contributed by atoms with van der Waals surface area (Å²) in [6, 6.07) is -0.934. The second kappa shape index (κ2) is 6.10. The van der Waals surface area contributed by atoms with Crippen molar-refractivity contribution in [1.82, 2.24) is 4.90 Å². The van der Waals surface area contributed by atoms with Crippen molar-refractivity contribution in [3.05, 3.63) is 0 Å². The van der Waals surface area contributed by atoms with Gasteiger partial charge in [0.2, 0.25) is 17.8 Å². The van der Waals surface area contributed by atoms with Gasteiger partial charge in [-0.1, -0.05) is 0 Å². The van der Waals surface area contributed by atoms with E-state index < -0.39 is 12.0 Å². The first-order valence-electron chi connectivity index (χ1n) is 5.57. The van der Waals surface area contributed by atoms with E-state index in [0.717, 1.165) is 4.90 Å². The van der Waals surface area contributed by atoms with E-state index in [9.17, 15) is 14.4 Å². The van der Waals surface area contributed by atoms with Gasteiger partial charge in [-0.15, -0.1) is 0 Å². The first-order chi connectivity index (χ1) is 8.43. The number of nitrogens with zero attached hydrogens (tertiary/aromatic N) is 2. The van der Waals surface area contributed by atoms with E-state index in [-0.39, 0.29) is 43.6 Å². The zero-order chi connectivity index (χ0) is 13.7. The molecule has 1 aliphatic rings. The highest BCUT2D eigenvalue weighted by molar-refractivity contribution is 6.15. The van der Waals surface area contributed by atoms with Crippen molar-refractivity contribution in [2.75, 3.05) is 6.54 Å². The molecule has 0 aromatic heterocycles. The van der Waals surface area contributed by atoms with E-state index in [1.807, 2.05) is 0 Å². The van der Waals surface area contributed by atoms with Gasteiger partial charge in [-0.3, -0.25) is 19.4 Å². The van der Waals surface area contributed by atoms with Crippen molar-refractivity contribution in [3.8, 4) is 0 Å². The van der Waals surface area contributed by atoms with Crippen molar-refractivity contribution in [2.45, 2.75) is 31.7 Å². The number of amides is 2. The van der Waals surface area contributed by atoms with E-state index >= 15 is 0 Å². The third-order valence-electron chi connectivity index (χ3n) is 2.54. The number of carboxylic acids is 1. The Morgan fingerprint density at radius 1 is 1.39 bits per heavy atom. The largest absolute Gasteiger partial charge is 0.480 e. The predicted molar refractivity (Wildman–Crippen MR) is 62.4 cm³/mol. The number of hydrogen-bond donors (Lipinski definition) is 3. The molecule has 0 saturated carbocycles. The quantitative estimate of drug-likeness (QED) is 0.240. The Bertz CT molecular complexity index is 377. The maximum Gasteiger partial charge on any atom is 0.320 e. The van der Waals surface area contributed by atoms with Crippen LogP contribution in [0.1, 0.15) is 25.7 Å². The summed E-state index contributed by atoms with van der Waals surface area (Å²) in [6.45, 7) is 0.226. The summed E-state index contributed by atoms with van der Waals surface area (Å²) in [4.78, 5) is 37.8. The van der Waals surface area contributed by atoms with Crippen LogP contribution in [0.15, 0.2) is 4.99 Å². The fourth-order valence-electron chi connectivity index (χ4n) is 1.53. The molecule has 1 unspecified atom stereocenters. The van der Waals surface area contributed by atoms with Gasteiger partial charge in [0.15, 0.2) is 0 Å². The van der Waals surface area contributed by atoms with Gasteiger partial charge < -0.3 is 16.6 Å². The predicted octanol–water partition coefficient (Wildman–Crippen LogP) is -1.36. The third kappa shape index (κ3) is 3.52. The molecule has 18 heavy (non-hydrogen) atoms. The molecule has 1 atom stereocenters. The lowest BCUT2D eigenvalue weighted by molar-refractivity contribution is -0.138. The first kappa shape index (κ1) is 14.1. The molecular formula is C10H16N4O4. The fraction of sp³-hybridized carbons (Fsp3) is 0.600. The molecule has 1 fully saturated rings. The number of aliphatic carboxylic acids is 1. The molecule has 8 nitrogen and oxygen atoms in total. The summed E-state index contributed by atoms with van der Waals surface area (Å²) in [5.74, 6) is -1.92. The molecule has 0 spiro atoms. The molecular weight excluding hydrogens is 240 g/mol. The molecule has 1 heterocycles. The average molecular weight is 256 g/mol. The smallest absolute Gasteiger partial charge is 0.320 e. The van der Waals surface area contributed by atoms with Gasteiger partial charge in [-0.25, -0.2) is 4.90 Å². The van der Waals surface area contributed by atoms with Gasteiger partial charge in [0, 0.05) is 19.4 Å². The maximum atomic E-state index is 11.3. The molecule has 2 amide bonds. The SMILES string of the molecule is NC(=NCCCC(N)C(=O)O)N1C(=O)CCC1=O. The number of rotatable bonds is 5. The molecule has 1 aliphatic heterocycles. The van der Waals surface area contributed by atoms with Crippen LogP contribution in [0.4, 0.5) is 0 Å². The molecule has 1 rings (SSSR count). The van der Waals surface area contributed by atoms with Crippen LogP contribution in [-0.2, 0) is 14.4 Å². The first-order valence-corrected chi connectivity index (χ1v) is 5.57. The summed E-state index contributed by atoms with van der Waals surface area (Å²) < 4.78 is 0. The highest BCUT2D eigenvalue weighted by atomic mass is 16.4. The van der Waals surface area contributed by atoms with Gasteiger partial charge >= 0.3 is 5.97 Å². The van der Waals surface area contributed by atoms with E-state index in [0.29, 0.717) is 6.42 Å². The number of aliphatic imine (C=N–C) groups is 1. The number of guanidine groups is 1. The lowest BCUT2D eigenvalue weighted by Crippen LogP contribution is -2.41. The zero-order valence-electron chi connectivity index (χ0n) is 9.83. The van der Waals surface area contributed by atoms with E-state index in [2.05, 4.69) is 4.99 Å². The second-order valence-electron chi connectivity index (χ2n) is 3.95. The Morgan fingerprint density at radius 2 is 1.94 bits per heavy atom. The molecule has 0 bridgehead atoms. The van der Waals surface area contributed by atoms with Crippen LogP contribution < -0.4 is 11.5 Å². The van der Waals surface area contributed by atoms with E-state index in [1.54, 1.807) is 0 Å². The van der Waals surface area contributed by atoms with Crippen molar-refractivity contribution in [3.63, 3.8) is 0 Å². The Labute approximate surface area is 104 Å². The van der Waals surface area contributed by atoms with Crippen LogP contribution in [0.5, 0.6) is 0 Å². The minimum Gasteiger partial charge on any atom is -0.480 e. The summed E-state index contributed by atoms with van der Waals surface area (Å²) in [5, 5.41) is 8.55. The lowest BCUT2D eigenvalue weighted by atomic mass is 10.2. The van der Waals surface area contributed by atoms with Crippen molar-refractivity contribution in [1.29, 1.82) is 0 Å². The van der Waals surface area contributed by atoms with Gasteiger partial charge in [-0.05, 0) is 12.8 Å². The van der Waals surface area contributed by atoms with Gasteiger partial charge in [0.05, 0.1) is 0 Å². The monoisotopic (exact) mass is 256 g/mol. The Morgan fingerprint density at radius 3 is 2.44 bits per heavy atom. The van der Waals surface area contributed by atoms with E-state index in [4.69, 9.17) is 16.6 Å². The Balaban J connectivity index is 2.40. The number of imide groups is 1. The number of nitrogens with two attached hydrogens (primary N) is 2. The van der Waals surface area contributed by atoms with Gasteiger partial charge in [-0.2, -0.15) is 0 Å². The van der Waals surface area contributed by atoms with E-state index in [1.165, 1.54) is 0 Å². The summed E-state index contributed by atoms with van der Waals surface area (Å²) in [5.41, 5.74) is 10.8. The number of hydrogen-bond acceptors (Lipinski definition) is 5. The molecule has 0 radical (unpaired) electrons. The standard InChI is InChI=1S/C10H16N4O4/c11-6(9(17)18)2-1-5-13-10(12)14-7(15)3-4-8(14)16/h6H,1-5,11H2,(H2,12,13)(H,17,18). The highest BCUT2D eigenvalue weighted by Crippen LogP contribution is 2.11. The third-order valence-corrected chi connectivity index (χ3v) is 2.54. The highest BCUT2D eigenvalue weighted by Gasteiger charge is 2.31. The topological polar surface area (TPSA) is 139 Å². The van der Waals surface area contributed by atoms with Crippen LogP contribution in [-0.4, -0.2) is 46.3 Å². The molecule has 1 saturated heterocycles. The summed E-state index contributed by atoms with van der Waals surface area (Å²) in [6.07, 6.45) is 0.982. The number of carboxylic acid groups (broad SMARTS) is 1. The van der Waals surface area contributed by atoms with Crippen LogP contribution in [0.25, 0.3) is 0 Å². The van der Waals surface area contributed by atoms with Crippen molar-refractivity contribution in [2.24, 2.45) is 16.5 Å². The normalized spacial score (nSPS) is 18.3. The minimum atomic E-state index is -1.07. The molecule has 5 N–H and O–H groups in total. The number of carbonyl (C=O) groups excluding carboxylic acids is 2. The van der Waals surface area contributed by atoms with Gasteiger partial charge in [0.1, 0.15) is 6.04 Å². The summed E-state index contributed by atoms with van der Waals surface area (Å²) in [7, 11) is 0. The van der Waals surface area contributed by atoms with Gasteiger partial charge in [0.25, 0.3) is 0 Å². The van der Waals surface area contributed by atoms with Crippen LogP contribution in [0.2, 0.25) is 0 Å². The molecule has 0 aromatic rings. The molecule has 100 valence electrons. The molecule has 8 heteroatoms. The molecule has 0 aromatic carbocycles. The molecule has 0 aliphatic carbocycles. The summed E-state index contributed by atoms with van der Waals surface area (Å²) >= 11 is 0. The zero-order valence-corrected chi connectivity index (χ0v) is 9.83. The fourth-order valence-corrected chi connectivity index (χ4v) is 1.53. The maximum absolute atomic E-state index is 11.3. The van der Waals surface area contributed by atoms with Crippen molar-refractivity contribution < 1.29 is 19.5 Å². The van der Waals surface area contributed by atoms with Crippen LogP contribution in [0.3, 0.4) is 0 Å². The minimum absolute atomic E-state index is 0.133. The van der Waals surface area contributed by atoms with Crippen LogP contribution >= 0.6 is 0 Å².